The maximum absolute atomic E-state index is 13.1. The summed E-state index contributed by atoms with van der Waals surface area (Å²) < 4.78 is 13.1. The van der Waals surface area contributed by atoms with Crippen LogP contribution in [-0.2, 0) is 0 Å². The molecule has 0 radical (unpaired) electrons. The maximum atomic E-state index is 13.1. The molecular weight excluding hydrogens is 483 g/mol. The van der Waals surface area contributed by atoms with E-state index in [1.54, 1.807) is 12.3 Å². The van der Waals surface area contributed by atoms with Gasteiger partial charge in [0.1, 0.15) is 23.1 Å². The largest absolute Gasteiger partial charge is 0.355 e. The van der Waals surface area contributed by atoms with Gasteiger partial charge in [0, 0.05) is 18.1 Å². The molecule has 0 spiro atoms. The minimum atomic E-state index is -0.556. The summed E-state index contributed by atoms with van der Waals surface area (Å²) in [6.07, 6.45) is 10.4. The number of pyridine rings is 1. The van der Waals surface area contributed by atoms with Gasteiger partial charge in [0.05, 0.1) is 29.8 Å². The second-order valence-electron chi connectivity index (χ2n) is 9.24. The number of anilines is 3. The van der Waals surface area contributed by atoms with Gasteiger partial charge in [-0.15, -0.1) is 0 Å². The predicted molar refractivity (Wildman–Crippen MR) is 136 cm³/mol. The van der Waals surface area contributed by atoms with Crippen LogP contribution < -0.4 is 15.5 Å². The van der Waals surface area contributed by atoms with Crippen molar-refractivity contribution in [1.82, 2.24) is 15.0 Å². The summed E-state index contributed by atoms with van der Waals surface area (Å²) in [7, 11) is 0. The van der Waals surface area contributed by atoms with Gasteiger partial charge in [0.25, 0.3) is 11.8 Å². The standard InChI is InChI=1S/C26H26ClFN6O2/c27-18-5-7-21(20(12-18)25(35)33-23-8-6-19(28)13-30-23)32-26(36)22-14-31-24(15-29-22)34-10-1-2-16-3-4-17(16)9-11-34/h5-8,12-17H,1-4,9-11H2,(H,32,36)(H,30,33,35). The molecule has 1 aliphatic heterocycles. The van der Waals surface area contributed by atoms with Crippen LogP contribution in [0.15, 0.2) is 48.9 Å². The normalized spacial score (nSPS) is 19.3. The number of carbonyl (C=O) groups excluding carboxylic acids is 2. The van der Waals surface area contributed by atoms with Crippen molar-refractivity contribution in [3.8, 4) is 0 Å². The Hall–Kier alpha value is -3.59. The van der Waals surface area contributed by atoms with Crippen molar-refractivity contribution in [2.24, 2.45) is 11.8 Å². The van der Waals surface area contributed by atoms with Crippen LogP contribution in [-0.4, -0.2) is 39.9 Å². The molecule has 36 heavy (non-hydrogen) atoms. The molecule has 3 heterocycles. The zero-order valence-electron chi connectivity index (χ0n) is 19.6. The number of nitrogens with one attached hydrogen (secondary N) is 2. The second kappa shape index (κ2) is 10.6. The number of amides is 2. The molecule has 0 bridgehead atoms. The third-order valence-corrected chi connectivity index (χ3v) is 7.22. The second-order valence-corrected chi connectivity index (χ2v) is 9.67. The van der Waals surface area contributed by atoms with Crippen molar-refractivity contribution >= 4 is 40.7 Å². The maximum Gasteiger partial charge on any atom is 0.275 e. The summed E-state index contributed by atoms with van der Waals surface area (Å²) in [6.45, 7) is 1.89. The van der Waals surface area contributed by atoms with Gasteiger partial charge in [-0.25, -0.2) is 19.3 Å². The van der Waals surface area contributed by atoms with Crippen LogP contribution in [0, 0.1) is 17.7 Å². The van der Waals surface area contributed by atoms with E-state index in [9.17, 15) is 14.0 Å². The molecule has 1 aliphatic carbocycles. The lowest BCUT2D eigenvalue weighted by atomic mass is 9.69. The summed E-state index contributed by atoms with van der Waals surface area (Å²) in [5.74, 6) is 1.08. The van der Waals surface area contributed by atoms with E-state index in [0.717, 1.165) is 43.4 Å². The summed E-state index contributed by atoms with van der Waals surface area (Å²) in [4.78, 5) is 40.6. The van der Waals surface area contributed by atoms with Crippen LogP contribution in [0.3, 0.4) is 0 Å². The SMILES string of the molecule is O=C(Nc1ccc(Cl)cc1C(=O)Nc1ccc(F)cn1)c1cnc(N2CCCC3CCC3CC2)cn1. The third-order valence-electron chi connectivity index (χ3n) is 6.99. The number of hydrogen-bond acceptors (Lipinski definition) is 6. The van der Waals surface area contributed by atoms with Crippen LogP contribution in [0.1, 0.15) is 53.0 Å². The molecule has 10 heteroatoms. The molecule has 186 valence electrons. The summed E-state index contributed by atoms with van der Waals surface area (Å²) >= 11 is 6.09. The Labute approximate surface area is 213 Å². The van der Waals surface area contributed by atoms with Crippen LogP contribution in [0.4, 0.5) is 21.7 Å². The lowest BCUT2D eigenvalue weighted by Gasteiger charge is -2.41. The lowest BCUT2D eigenvalue weighted by Crippen LogP contribution is -2.36. The van der Waals surface area contributed by atoms with Gasteiger partial charge in [-0.1, -0.05) is 11.6 Å². The van der Waals surface area contributed by atoms with Crippen molar-refractivity contribution in [3.63, 3.8) is 0 Å². The molecule has 8 nitrogen and oxygen atoms in total. The zero-order valence-corrected chi connectivity index (χ0v) is 20.3. The highest BCUT2D eigenvalue weighted by Crippen LogP contribution is 2.41. The van der Waals surface area contributed by atoms with Gasteiger partial charge in [-0.2, -0.15) is 0 Å². The van der Waals surface area contributed by atoms with Gasteiger partial charge in [0.2, 0.25) is 0 Å². The molecule has 2 fully saturated rings. The summed E-state index contributed by atoms with van der Waals surface area (Å²) in [5, 5.41) is 5.60. The Kier molecular flexibility index (Phi) is 7.09. The van der Waals surface area contributed by atoms with E-state index >= 15 is 0 Å². The van der Waals surface area contributed by atoms with Gasteiger partial charge in [-0.05, 0) is 74.3 Å². The predicted octanol–water partition coefficient (Wildman–Crippen LogP) is 5.19. The number of rotatable bonds is 5. The lowest BCUT2D eigenvalue weighted by molar-refractivity contribution is 0.102. The first kappa shape index (κ1) is 24.1. The summed E-state index contributed by atoms with van der Waals surface area (Å²) in [5.41, 5.74) is 0.501. The van der Waals surface area contributed by atoms with E-state index in [4.69, 9.17) is 11.6 Å². The molecule has 2 amide bonds. The van der Waals surface area contributed by atoms with Crippen LogP contribution in [0.2, 0.25) is 5.02 Å². The van der Waals surface area contributed by atoms with E-state index in [-0.39, 0.29) is 22.8 Å². The number of halogens is 2. The minimum absolute atomic E-state index is 0.126. The zero-order chi connectivity index (χ0) is 25.1. The molecule has 2 aliphatic rings. The first-order valence-corrected chi connectivity index (χ1v) is 12.4. The Morgan fingerprint density at radius 2 is 1.72 bits per heavy atom. The average Bonchev–Trinajstić information content (AvgIpc) is 2.86. The molecular formula is C26H26ClFN6O2. The fraction of sp³-hybridized carbons (Fsp3) is 0.346. The van der Waals surface area contributed by atoms with E-state index in [2.05, 4.69) is 30.5 Å². The van der Waals surface area contributed by atoms with E-state index in [0.29, 0.717) is 5.02 Å². The monoisotopic (exact) mass is 508 g/mol. The van der Waals surface area contributed by atoms with Crippen molar-refractivity contribution < 1.29 is 14.0 Å². The molecule has 1 saturated carbocycles. The number of nitrogens with zero attached hydrogens (tertiary/aromatic N) is 4. The molecule has 1 saturated heterocycles. The molecule has 2 atom stereocenters. The minimum Gasteiger partial charge on any atom is -0.355 e. The van der Waals surface area contributed by atoms with Crippen molar-refractivity contribution in [3.05, 3.63) is 71.0 Å². The summed E-state index contributed by atoms with van der Waals surface area (Å²) in [6, 6.07) is 7.04. The first-order chi connectivity index (χ1) is 17.5. The van der Waals surface area contributed by atoms with Gasteiger partial charge < -0.3 is 15.5 Å². The highest BCUT2D eigenvalue weighted by atomic mass is 35.5. The van der Waals surface area contributed by atoms with Crippen LogP contribution in [0.25, 0.3) is 0 Å². The Morgan fingerprint density at radius 1 is 0.889 bits per heavy atom. The van der Waals surface area contributed by atoms with Crippen molar-refractivity contribution in [2.45, 2.75) is 32.1 Å². The Morgan fingerprint density at radius 3 is 2.44 bits per heavy atom. The Balaban J connectivity index is 1.26. The molecule has 1 aromatic carbocycles. The fourth-order valence-corrected chi connectivity index (χ4v) is 5.01. The van der Waals surface area contributed by atoms with Gasteiger partial charge >= 0.3 is 0 Å². The van der Waals surface area contributed by atoms with Crippen molar-refractivity contribution in [1.29, 1.82) is 0 Å². The van der Waals surface area contributed by atoms with E-state index < -0.39 is 17.6 Å². The number of carbonyl (C=O) groups is 2. The van der Waals surface area contributed by atoms with E-state index in [1.165, 1.54) is 56.1 Å². The Bertz CT molecular complexity index is 1250. The smallest absolute Gasteiger partial charge is 0.275 e. The van der Waals surface area contributed by atoms with Crippen LogP contribution in [0.5, 0.6) is 0 Å². The average molecular weight is 509 g/mol. The number of fused-ring (bicyclic) bond motifs is 1. The highest BCUT2D eigenvalue weighted by molar-refractivity contribution is 6.31. The fourth-order valence-electron chi connectivity index (χ4n) is 4.84. The number of benzene rings is 1. The molecule has 2 N–H and O–H groups in total. The number of hydrogen-bond donors (Lipinski definition) is 2. The molecule has 2 aromatic heterocycles. The highest BCUT2D eigenvalue weighted by Gasteiger charge is 2.32. The van der Waals surface area contributed by atoms with Crippen molar-refractivity contribution in [2.75, 3.05) is 28.6 Å². The third kappa shape index (κ3) is 5.46. The number of aromatic nitrogens is 3. The topological polar surface area (TPSA) is 100 Å². The quantitative estimate of drug-likeness (QED) is 0.492. The molecule has 3 aromatic rings. The van der Waals surface area contributed by atoms with E-state index in [1.807, 2.05) is 0 Å². The van der Waals surface area contributed by atoms with Crippen LogP contribution >= 0.6 is 11.6 Å². The molecule has 2 unspecified atom stereocenters. The first-order valence-electron chi connectivity index (χ1n) is 12.1. The van der Waals surface area contributed by atoms with Gasteiger partial charge in [-0.3, -0.25) is 9.59 Å². The molecule has 5 rings (SSSR count). The van der Waals surface area contributed by atoms with Gasteiger partial charge in [0.15, 0.2) is 0 Å².